The SMILES string of the molecule is CC1(C)OB(C2=CN=CC(C3CCCCO3)CC2)OC1(C)C. The summed E-state index contributed by atoms with van der Waals surface area (Å²) in [6.45, 7) is 9.25. The van der Waals surface area contributed by atoms with Crippen LogP contribution in [0.25, 0.3) is 0 Å². The fraction of sp³-hybridized carbons (Fsp3) is 0.824. The highest BCUT2D eigenvalue weighted by Crippen LogP contribution is 2.40. The molecule has 0 spiro atoms. The number of hydrogen-bond donors (Lipinski definition) is 0. The topological polar surface area (TPSA) is 40.0 Å². The van der Waals surface area contributed by atoms with Crippen molar-refractivity contribution < 1.29 is 14.0 Å². The minimum atomic E-state index is -0.291. The molecular weight excluding hydrogens is 277 g/mol. The van der Waals surface area contributed by atoms with Crippen molar-refractivity contribution in [3.8, 4) is 0 Å². The number of nitrogens with zero attached hydrogens (tertiary/aromatic N) is 1. The Morgan fingerprint density at radius 1 is 1.09 bits per heavy atom. The molecule has 0 saturated carbocycles. The van der Waals surface area contributed by atoms with Crippen molar-refractivity contribution >= 4 is 13.3 Å². The van der Waals surface area contributed by atoms with E-state index in [1.165, 1.54) is 12.8 Å². The first-order valence-corrected chi connectivity index (χ1v) is 8.58. The Kier molecular flexibility index (Phi) is 4.50. The summed E-state index contributed by atoms with van der Waals surface area (Å²) in [5.74, 6) is 0.413. The smallest absolute Gasteiger partial charge is 0.400 e. The molecule has 22 heavy (non-hydrogen) atoms. The molecule has 0 aromatic heterocycles. The van der Waals surface area contributed by atoms with Crippen molar-refractivity contribution in [2.45, 2.75) is 77.1 Å². The normalized spacial score (nSPS) is 34.4. The molecule has 3 rings (SSSR count). The van der Waals surface area contributed by atoms with Crippen LogP contribution in [0.3, 0.4) is 0 Å². The number of allylic oxidation sites excluding steroid dienone is 1. The molecule has 3 aliphatic heterocycles. The molecule has 2 saturated heterocycles. The molecule has 2 atom stereocenters. The molecule has 122 valence electrons. The van der Waals surface area contributed by atoms with E-state index in [9.17, 15) is 0 Å². The summed E-state index contributed by atoms with van der Waals surface area (Å²) < 4.78 is 18.2. The van der Waals surface area contributed by atoms with Gasteiger partial charge in [0.1, 0.15) is 0 Å². The first-order valence-electron chi connectivity index (χ1n) is 8.58. The summed E-state index contributed by atoms with van der Waals surface area (Å²) in [6.07, 6.45) is 9.97. The molecule has 0 amide bonds. The maximum absolute atomic E-state index is 6.14. The van der Waals surface area contributed by atoms with Crippen molar-refractivity contribution in [2.75, 3.05) is 6.61 Å². The van der Waals surface area contributed by atoms with E-state index in [4.69, 9.17) is 14.0 Å². The Hall–Kier alpha value is -0.645. The molecule has 3 aliphatic rings. The van der Waals surface area contributed by atoms with Crippen molar-refractivity contribution in [3.63, 3.8) is 0 Å². The number of ether oxygens (including phenoxy) is 1. The van der Waals surface area contributed by atoms with E-state index in [-0.39, 0.29) is 18.3 Å². The van der Waals surface area contributed by atoms with Crippen LogP contribution in [0.4, 0.5) is 0 Å². The third kappa shape index (κ3) is 3.17. The number of aliphatic imine (C=N–C) groups is 1. The van der Waals surface area contributed by atoms with E-state index in [2.05, 4.69) is 38.9 Å². The van der Waals surface area contributed by atoms with Gasteiger partial charge in [0.25, 0.3) is 0 Å². The van der Waals surface area contributed by atoms with Crippen LogP contribution in [-0.4, -0.2) is 37.2 Å². The van der Waals surface area contributed by atoms with Gasteiger partial charge in [-0.3, -0.25) is 4.99 Å². The molecule has 4 nitrogen and oxygen atoms in total. The van der Waals surface area contributed by atoms with Gasteiger partial charge in [-0.05, 0) is 65.3 Å². The van der Waals surface area contributed by atoms with Crippen molar-refractivity contribution in [1.29, 1.82) is 0 Å². The van der Waals surface area contributed by atoms with Crippen LogP contribution >= 0.6 is 0 Å². The quantitative estimate of drug-likeness (QED) is 0.732. The Morgan fingerprint density at radius 3 is 2.45 bits per heavy atom. The third-order valence-electron chi connectivity index (χ3n) is 5.53. The lowest BCUT2D eigenvalue weighted by molar-refractivity contribution is -0.00471. The summed E-state index contributed by atoms with van der Waals surface area (Å²) >= 11 is 0. The van der Waals surface area contributed by atoms with Crippen LogP contribution in [0, 0.1) is 5.92 Å². The van der Waals surface area contributed by atoms with E-state index < -0.39 is 0 Å². The third-order valence-corrected chi connectivity index (χ3v) is 5.53. The predicted octanol–water partition coefficient (Wildman–Crippen LogP) is 3.55. The van der Waals surface area contributed by atoms with Gasteiger partial charge in [0.2, 0.25) is 0 Å². The van der Waals surface area contributed by atoms with Crippen LogP contribution in [0.1, 0.15) is 59.8 Å². The molecule has 0 aromatic carbocycles. The molecule has 0 radical (unpaired) electrons. The zero-order chi connectivity index (χ0) is 15.8. The fourth-order valence-corrected chi connectivity index (χ4v) is 3.28. The van der Waals surface area contributed by atoms with E-state index in [1.54, 1.807) is 0 Å². The van der Waals surface area contributed by atoms with Crippen LogP contribution in [0.2, 0.25) is 0 Å². The van der Waals surface area contributed by atoms with Crippen molar-refractivity contribution in [1.82, 2.24) is 0 Å². The predicted molar refractivity (Wildman–Crippen MR) is 89.0 cm³/mol. The first-order chi connectivity index (χ1) is 10.4. The highest BCUT2D eigenvalue weighted by atomic mass is 16.7. The second-order valence-corrected chi connectivity index (χ2v) is 7.70. The van der Waals surface area contributed by atoms with Gasteiger partial charge in [0, 0.05) is 24.9 Å². The van der Waals surface area contributed by atoms with Crippen LogP contribution in [0.15, 0.2) is 16.7 Å². The second kappa shape index (κ2) is 6.10. The Balaban J connectivity index is 1.62. The molecular formula is C17H28BNO3. The average Bonchev–Trinajstić information content (AvgIpc) is 2.65. The lowest BCUT2D eigenvalue weighted by Gasteiger charge is -2.32. The van der Waals surface area contributed by atoms with E-state index in [0.29, 0.717) is 12.0 Å². The molecule has 2 fully saturated rings. The summed E-state index contributed by atoms with van der Waals surface area (Å²) in [7, 11) is -0.270. The summed E-state index contributed by atoms with van der Waals surface area (Å²) in [6, 6.07) is 0. The highest BCUT2D eigenvalue weighted by molar-refractivity contribution is 6.54. The first kappa shape index (κ1) is 16.2. The lowest BCUT2D eigenvalue weighted by atomic mass is 9.75. The zero-order valence-electron chi connectivity index (χ0n) is 14.3. The number of hydrogen-bond acceptors (Lipinski definition) is 4. The van der Waals surface area contributed by atoms with Gasteiger partial charge in [-0.1, -0.05) is 0 Å². The van der Waals surface area contributed by atoms with Crippen molar-refractivity contribution in [3.05, 3.63) is 11.7 Å². The maximum atomic E-state index is 6.14. The van der Waals surface area contributed by atoms with Gasteiger partial charge in [-0.15, -0.1) is 0 Å². The van der Waals surface area contributed by atoms with E-state index in [1.807, 2.05) is 6.20 Å². The Morgan fingerprint density at radius 2 is 1.82 bits per heavy atom. The molecule has 5 heteroatoms. The van der Waals surface area contributed by atoms with Gasteiger partial charge in [0.15, 0.2) is 0 Å². The van der Waals surface area contributed by atoms with Gasteiger partial charge in [0.05, 0.1) is 17.3 Å². The largest absolute Gasteiger partial charge is 0.492 e. The Labute approximate surface area is 134 Å². The standard InChI is InChI=1S/C17H28BNO3/c1-16(2)17(3,4)22-18(21-16)14-9-8-13(11-19-12-14)15-7-5-6-10-20-15/h11-13,15H,5-10H2,1-4H3. The van der Waals surface area contributed by atoms with E-state index >= 15 is 0 Å². The molecule has 0 N–H and O–H groups in total. The van der Waals surface area contributed by atoms with Gasteiger partial charge in [-0.2, -0.15) is 0 Å². The minimum absolute atomic E-state index is 0.270. The van der Waals surface area contributed by atoms with Crippen molar-refractivity contribution in [2.24, 2.45) is 10.9 Å². The molecule has 3 heterocycles. The molecule has 0 bridgehead atoms. The van der Waals surface area contributed by atoms with E-state index in [0.717, 1.165) is 31.3 Å². The van der Waals surface area contributed by atoms with Gasteiger partial charge >= 0.3 is 7.12 Å². The summed E-state index contributed by atoms with van der Waals surface area (Å²) in [5, 5.41) is 0. The fourth-order valence-electron chi connectivity index (χ4n) is 3.28. The number of rotatable bonds is 2. The second-order valence-electron chi connectivity index (χ2n) is 7.70. The Bertz CT molecular complexity index is 451. The van der Waals surface area contributed by atoms with Gasteiger partial charge in [-0.25, -0.2) is 0 Å². The van der Waals surface area contributed by atoms with Crippen LogP contribution < -0.4 is 0 Å². The lowest BCUT2D eigenvalue weighted by Crippen LogP contribution is -2.41. The maximum Gasteiger partial charge on any atom is 0.492 e. The summed E-state index contributed by atoms with van der Waals surface area (Å²) in [4.78, 5) is 4.52. The van der Waals surface area contributed by atoms with Crippen LogP contribution in [0.5, 0.6) is 0 Å². The molecule has 2 unspecified atom stereocenters. The zero-order valence-corrected chi connectivity index (χ0v) is 14.3. The average molecular weight is 305 g/mol. The minimum Gasteiger partial charge on any atom is -0.400 e. The van der Waals surface area contributed by atoms with Crippen LogP contribution in [-0.2, 0) is 14.0 Å². The monoisotopic (exact) mass is 305 g/mol. The molecule has 0 aliphatic carbocycles. The molecule has 0 aromatic rings. The highest BCUT2D eigenvalue weighted by Gasteiger charge is 2.52. The van der Waals surface area contributed by atoms with Gasteiger partial charge < -0.3 is 14.0 Å². The summed E-state index contributed by atoms with van der Waals surface area (Å²) in [5.41, 5.74) is 0.564.